The molecule has 4 aromatic rings. The number of hydrogen-bond acceptors (Lipinski definition) is 5. The van der Waals surface area contributed by atoms with Gasteiger partial charge in [0.05, 0.1) is 17.1 Å². The van der Waals surface area contributed by atoms with Crippen LogP contribution in [0.1, 0.15) is 17.0 Å². The summed E-state index contributed by atoms with van der Waals surface area (Å²) in [5.41, 5.74) is 2.72. The maximum atomic E-state index is 13.0. The van der Waals surface area contributed by atoms with E-state index in [9.17, 15) is 9.59 Å². The Hall–Kier alpha value is -3.30. The highest BCUT2D eigenvalue weighted by molar-refractivity contribution is 9.10. The molecular weight excluding hydrogens is 564 g/mol. The topological polar surface area (TPSA) is 85.6 Å². The van der Waals surface area contributed by atoms with Crippen molar-refractivity contribution >= 4 is 60.6 Å². The molecule has 7 nitrogen and oxygen atoms in total. The molecule has 0 atom stereocenters. The molecule has 1 heterocycles. The molecule has 0 bridgehead atoms. The van der Waals surface area contributed by atoms with Crippen LogP contribution < -0.4 is 15.6 Å². The summed E-state index contributed by atoms with van der Waals surface area (Å²) in [5.74, 6) is 0.616. The Balaban J connectivity index is 1.56. The molecule has 172 valence electrons. The quantitative estimate of drug-likeness (QED) is 0.306. The Morgan fingerprint density at radius 3 is 2.53 bits per heavy atom. The lowest BCUT2D eigenvalue weighted by molar-refractivity contribution is -0.118. The number of nitrogens with one attached hydrogen (secondary N) is 1. The van der Waals surface area contributed by atoms with E-state index in [1.165, 1.54) is 10.9 Å². The summed E-state index contributed by atoms with van der Waals surface area (Å²) in [6.07, 6.45) is 1.51. The van der Waals surface area contributed by atoms with Gasteiger partial charge in [-0.25, -0.2) is 4.98 Å². The van der Waals surface area contributed by atoms with Crippen LogP contribution in [0.5, 0.6) is 5.75 Å². The van der Waals surface area contributed by atoms with Gasteiger partial charge in [0.25, 0.3) is 11.5 Å². The molecule has 1 N–H and O–H groups in total. The third-order valence-electron chi connectivity index (χ3n) is 4.95. The monoisotopic (exact) mass is 582 g/mol. The van der Waals surface area contributed by atoms with E-state index >= 15 is 0 Å². The van der Waals surface area contributed by atoms with Gasteiger partial charge >= 0.3 is 0 Å². The van der Waals surface area contributed by atoms with Crippen LogP contribution in [0.3, 0.4) is 0 Å². The van der Waals surface area contributed by atoms with Crippen LogP contribution in [-0.2, 0) is 4.79 Å². The van der Waals surface area contributed by atoms with Crippen LogP contribution >= 0.6 is 31.9 Å². The predicted octanol–water partition coefficient (Wildman–Crippen LogP) is 5.44. The Labute approximate surface area is 212 Å². The number of nitrogens with zero attached hydrogens (tertiary/aromatic N) is 3. The summed E-state index contributed by atoms with van der Waals surface area (Å²) in [5, 5.41) is 7.61. The molecule has 0 aliphatic heterocycles. The average molecular weight is 584 g/mol. The maximum absolute atomic E-state index is 13.0. The van der Waals surface area contributed by atoms with Gasteiger partial charge in [0.1, 0.15) is 11.6 Å². The molecular formula is C25H20Br2N4O3. The lowest BCUT2D eigenvalue weighted by Crippen LogP contribution is -2.21. The van der Waals surface area contributed by atoms with Crippen LogP contribution in [-0.4, -0.2) is 28.4 Å². The van der Waals surface area contributed by atoms with E-state index in [2.05, 4.69) is 47.3 Å². The molecule has 9 heteroatoms. The summed E-state index contributed by atoms with van der Waals surface area (Å²) < 4.78 is 8.57. The number of amides is 1. The molecule has 0 unspecified atom stereocenters. The fourth-order valence-corrected chi connectivity index (χ4v) is 3.98. The molecule has 0 fully saturated rings. The number of hydrogen-bond donors (Lipinski definition) is 1. The second-order valence-electron chi connectivity index (χ2n) is 7.57. The Morgan fingerprint density at radius 1 is 1.06 bits per heavy atom. The third-order valence-corrected chi connectivity index (χ3v) is 5.93. The summed E-state index contributed by atoms with van der Waals surface area (Å²) in [7, 11) is 0. The van der Waals surface area contributed by atoms with Gasteiger partial charge in [-0.05, 0) is 62.4 Å². The van der Waals surface area contributed by atoms with E-state index < -0.39 is 0 Å². The summed E-state index contributed by atoms with van der Waals surface area (Å²) in [6, 6.07) is 18.2. The second kappa shape index (κ2) is 10.3. The lowest BCUT2D eigenvalue weighted by atomic mass is 10.2. The highest BCUT2D eigenvalue weighted by Crippen LogP contribution is 2.22. The van der Waals surface area contributed by atoms with Crippen molar-refractivity contribution in [2.24, 2.45) is 5.10 Å². The van der Waals surface area contributed by atoms with E-state index in [-0.39, 0.29) is 18.1 Å². The van der Waals surface area contributed by atoms with E-state index in [1.54, 1.807) is 37.3 Å². The Kier molecular flexibility index (Phi) is 7.23. The predicted molar refractivity (Wildman–Crippen MR) is 141 cm³/mol. The van der Waals surface area contributed by atoms with E-state index in [1.807, 2.05) is 37.3 Å². The van der Waals surface area contributed by atoms with Gasteiger partial charge in [-0.3, -0.25) is 9.59 Å². The number of fused-ring (bicyclic) bond motifs is 1. The first-order valence-electron chi connectivity index (χ1n) is 10.3. The molecule has 34 heavy (non-hydrogen) atoms. The number of ether oxygens (including phenoxy) is 1. The Bertz CT molecular complexity index is 1460. The van der Waals surface area contributed by atoms with Gasteiger partial charge in [0.15, 0.2) is 6.61 Å². The van der Waals surface area contributed by atoms with Crippen LogP contribution in [0, 0.1) is 13.8 Å². The minimum Gasteiger partial charge on any atom is -0.483 e. The number of benzene rings is 3. The van der Waals surface area contributed by atoms with Gasteiger partial charge in [0.2, 0.25) is 0 Å². The largest absolute Gasteiger partial charge is 0.483 e. The number of aromatic nitrogens is 2. The number of carbonyl (C=O) groups excluding carboxylic acids is 1. The van der Waals surface area contributed by atoms with Gasteiger partial charge < -0.3 is 10.1 Å². The van der Waals surface area contributed by atoms with Crippen molar-refractivity contribution in [3.63, 3.8) is 0 Å². The molecule has 0 saturated heterocycles. The molecule has 0 radical (unpaired) electrons. The van der Waals surface area contributed by atoms with Crippen molar-refractivity contribution in [2.75, 3.05) is 11.9 Å². The SMILES string of the molecule is Cc1ccc(NC(=O)COc2ccc(Br)cc2C=Nn2c(C)nc3ccc(Br)cc3c2=O)cc1. The Morgan fingerprint density at radius 2 is 1.76 bits per heavy atom. The number of aryl methyl sites for hydroxylation is 2. The molecule has 0 saturated carbocycles. The second-order valence-corrected chi connectivity index (χ2v) is 9.40. The zero-order chi connectivity index (χ0) is 24.2. The minimum atomic E-state index is -0.286. The number of rotatable bonds is 6. The number of carbonyl (C=O) groups is 1. The first-order chi connectivity index (χ1) is 16.3. The van der Waals surface area contributed by atoms with Gasteiger partial charge in [-0.2, -0.15) is 9.78 Å². The van der Waals surface area contributed by atoms with Gasteiger partial charge in [-0.15, -0.1) is 0 Å². The lowest BCUT2D eigenvalue weighted by Gasteiger charge is -2.11. The fraction of sp³-hybridized carbons (Fsp3) is 0.120. The van der Waals surface area contributed by atoms with Crippen molar-refractivity contribution in [2.45, 2.75) is 13.8 Å². The molecule has 1 aromatic heterocycles. The van der Waals surface area contributed by atoms with Crippen molar-refractivity contribution in [3.05, 3.63) is 96.9 Å². The molecule has 4 rings (SSSR count). The molecule has 0 aliphatic rings. The van der Waals surface area contributed by atoms with Crippen LogP contribution in [0.25, 0.3) is 10.9 Å². The highest BCUT2D eigenvalue weighted by Gasteiger charge is 2.10. The van der Waals surface area contributed by atoms with Crippen molar-refractivity contribution < 1.29 is 9.53 Å². The van der Waals surface area contributed by atoms with Crippen LogP contribution in [0.4, 0.5) is 5.69 Å². The minimum absolute atomic E-state index is 0.180. The molecule has 1 amide bonds. The summed E-state index contributed by atoms with van der Waals surface area (Å²) in [6.45, 7) is 3.52. The first-order valence-corrected chi connectivity index (χ1v) is 11.9. The van der Waals surface area contributed by atoms with Gasteiger partial charge in [-0.1, -0.05) is 49.6 Å². The average Bonchev–Trinajstić information content (AvgIpc) is 2.80. The smallest absolute Gasteiger partial charge is 0.282 e. The van der Waals surface area contributed by atoms with E-state index in [0.717, 1.165) is 14.5 Å². The number of anilines is 1. The van der Waals surface area contributed by atoms with Crippen molar-refractivity contribution in [1.82, 2.24) is 9.66 Å². The normalized spacial score (nSPS) is 11.2. The zero-order valence-electron chi connectivity index (χ0n) is 18.4. The summed E-state index contributed by atoms with van der Waals surface area (Å²) >= 11 is 6.83. The first kappa shape index (κ1) is 23.8. The molecule has 3 aromatic carbocycles. The zero-order valence-corrected chi connectivity index (χ0v) is 21.6. The van der Waals surface area contributed by atoms with Crippen LogP contribution in [0.15, 0.2) is 79.5 Å². The maximum Gasteiger partial charge on any atom is 0.282 e. The van der Waals surface area contributed by atoms with E-state index in [0.29, 0.717) is 33.7 Å². The van der Waals surface area contributed by atoms with Crippen LogP contribution in [0.2, 0.25) is 0 Å². The van der Waals surface area contributed by atoms with Gasteiger partial charge in [0, 0.05) is 20.2 Å². The molecule has 0 spiro atoms. The summed E-state index contributed by atoms with van der Waals surface area (Å²) in [4.78, 5) is 29.8. The van der Waals surface area contributed by atoms with Crippen molar-refractivity contribution in [1.29, 1.82) is 0 Å². The van der Waals surface area contributed by atoms with E-state index in [4.69, 9.17) is 4.74 Å². The van der Waals surface area contributed by atoms with Crippen molar-refractivity contribution in [3.8, 4) is 5.75 Å². The third kappa shape index (κ3) is 5.60. The number of halogens is 2. The molecule has 0 aliphatic carbocycles. The highest BCUT2D eigenvalue weighted by atomic mass is 79.9. The standard InChI is InChI=1S/C25H20Br2N4O3/c1-15-3-7-20(8-4-15)30-24(32)14-34-23-10-6-18(26)11-17(23)13-28-31-16(2)29-22-9-5-19(27)12-21(22)25(31)33/h3-13H,14H2,1-2H3,(H,30,32). The fourth-order valence-electron chi connectivity index (χ4n) is 3.24.